The molecule has 2 aromatic rings. The van der Waals surface area contributed by atoms with Crippen LogP contribution in [-0.4, -0.2) is 17.0 Å². The molecule has 1 heterocycles. The van der Waals surface area contributed by atoms with Crippen molar-refractivity contribution < 1.29 is 13.2 Å². The van der Waals surface area contributed by atoms with Crippen LogP contribution in [0, 0.1) is 0 Å². The van der Waals surface area contributed by atoms with Gasteiger partial charge in [0.2, 0.25) is 0 Å². The van der Waals surface area contributed by atoms with Crippen molar-refractivity contribution in [3.05, 3.63) is 39.9 Å². The second-order valence-electron chi connectivity index (χ2n) is 4.19. The van der Waals surface area contributed by atoms with Crippen LogP contribution in [-0.2, 0) is 6.18 Å². The first-order valence-corrected chi connectivity index (χ1v) is 5.61. The number of halogens is 3. The van der Waals surface area contributed by atoms with E-state index in [4.69, 9.17) is 0 Å². The number of nitrogens with zero attached hydrogens (tertiary/aromatic N) is 1. The molecule has 0 bridgehead atoms. The number of aromatic amines is 1. The molecule has 0 saturated carbocycles. The van der Waals surface area contributed by atoms with Crippen molar-refractivity contribution in [3.8, 4) is 0 Å². The van der Waals surface area contributed by atoms with Gasteiger partial charge in [-0.15, -0.1) is 0 Å². The molecule has 1 unspecified atom stereocenters. The summed E-state index contributed by atoms with van der Waals surface area (Å²) < 4.78 is 37.7. The van der Waals surface area contributed by atoms with Gasteiger partial charge in [-0.3, -0.25) is 4.79 Å². The van der Waals surface area contributed by atoms with Gasteiger partial charge < -0.3 is 10.3 Å². The maximum Gasteiger partial charge on any atom is 0.416 e. The molecule has 19 heavy (non-hydrogen) atoms. The average Bonchev–Trinajstić information content (AvgIpc) is 2.36. The predicted molar refractivity (Wildman–Crippen MR) is 64.8 cm³/mol. The predicted octanol–water partition coefficient (Wildman–Crippen LogP) is 2.22. The number of alkyl halides is 3. The van der Waals surface area contributed by atoms with E-state index >= 15 is 0 Å². The van der Waals surface area contributed by atoms with Crippen molar-refractivity contribution in [1.29, 1.82) is 0 Å². The zero-order chi connectivity index (χ0) is 14.2. The summed E-state index contributed by atoms with van der Waals surface area (Å²) in [7, 11) is 1.70. The fourth-order valence-electron chi connectivity index (χ4n) is 1.67. The van der Waals surface area contributed by atoms with E-state index in [1.54, 1.807) is 14.0 Å². The van der Waals surface area contributed by atoms with Gasteiger partial charge in [0.25, 0.3) is 5.56 Å². The molecular weight excluding hydrogens is 259 g/mol. The number of H-pyrrole nitrogens is 1. The molecule has 0 amide bonds. The molecule has 0 radical (unpaired) electrons. The Kier molecular flexibility index (Phi) is 3.32. The first-order valence-electron chi connectivity index (χ1n) is 5.61. The second-order valence-corrected chi connectivity index (χ2v) is 4.19. The van der Waals surface area contributed by atoms with Gasteiger partial charge in [0.1, 0.15) is 5.82 Å². The van der Waals surface area contributed by atoms with E-state index in [9.17, 15) is 18.0 Å². The highest BCUT2D eigenvalue weighted by atomic mass is 19.4. The van der Waals surface area contributed by atoms with Gasteiger partial charge in [0, 0.05) is 0 Å². The quantitative estimate of drug-likeness (QED) is 0.880. The maximum atomic E-state index is 12.6. The summed E-state index contributed by atoms with van der Waals surface area (Å²) in [4.78, 5) is 18.4. The molecule has 0 aliphatic heterocycles. The Labute approximate surface area is 106 Å². The third-order valence-electron chi connectivity index (χ3n) is 2.89. The molecule has 4 nitrogen and oxygen atoms in total. The molecule has 0 aliphatic rings. The Balaban J connectivity index is 2.64. The highest BCUT2D eigenvalue weighted by Crippen LogP contribution is 2.30. The molecule has 0 aliphatic carbocycles. The lowest BCUT2D eigenvalue weighted by Crippen LogP contribution is -2.21. The molecule has 0 spiro atoms. The molecule has 2 rings (SSSR count). The normalized spacial score (nSPS) is 13.7. The molecule has 1 aromatic carbocycles. The van der Waals surface area contributed by atoms with Gasteiger partial charge in [-0.2, -0.15) is 13.2 Å². The maximum absolute atomic E-state index is 12.6. The summed E-state index contributed by atoms with van der Waals surface area (Å²) in [6, 6.07) is 2.75. The lowest BCUT2D eigenvalue weighted by molar-refractivity contribution is -0.137. The van der Waals surface area contributed by atoms with Crippen LogP contribution in [0.15, 0.2) is 23.0 Å². The highest BCUT2D eigenvalue weighted by Gasteiger charge is 2.30. The van der Waals surface area contributed by atoms with Crippen LogP contribution in [0.4, 0.5) is 13.2 Å². The van der Waals surface area contributed by atoms with Gasteiger partial charge in [-0.1, -0.05) is 0 Å². The number of rotatable bonds is 2. The number of aromatic nitrogens is 2. The number of fused-ring (bicyclic) bond motifs is 1. The zero-order valence-electron chi connectivity index (χ0n) is 10.3. The van der Waals surface area contributed by atoms with Crippen LogP contribution >= 0.6 is 0 Å². The average molecular weight is 271 g/mol. The van der Waals surface area contributed by atoms with Crippen molar-refractivity contribution in [3.63, 3.8) is 0 Å². The molecule has 1 atom stereocenters. The monoisotopic (exact) mass is 271 g/mol. The van der Waals surface area contributed by atoms with Crippen molar-refractivity contribution in [1.82, 2.24) is 15.3 Å². The minimum absolute atomic E-state index is 0.0677. The topological polar surface area (TPSA) is 57.8 Å². The smallest absolute Gasteiger partial charge is 0.311 e. The van der Waals surface area contributed by atoms with Crippen LogP contribution in [0.25, 0.3) is 10.9 Å². The fourth-order valence-corrected chi connectivity index (χ4v) is 1.67. The Morgan fingerprint density at radius 2 is 2.05 bits per heavy atom. The van der Waals surface area contributed by atoms with Crippen LogP contribution in [0.3, 0.4) is 0 Å². The summed E-state index contributed by atoms with van der Waals surface area (Å²) in [5.74, 6) is 0.389. The van der Waals surface area contributed by atoms with Crippen LogP contribution in [0.2, 0.25) is 0 Å². The van der Waals surface area contributed by atoms with E-state index in [0.29, 0.717) is 5.82 Å². The van der Waals surface area contributed by atoms with Gasteiger partial charge in [0.15, 0.2) is 0 Å². The van der Waals surface area contributed by atoms with Gasteiger partial charge in [0.05, 0.1) is 22.5 Å². The van der Waals surface area contributed by atoms with Crippen molar-refractivity contribution in [2.75, 3.05) is 7.05 Å². The first kappa shape index (κ1) is 13.5. The summed E-state index contributed by atoms with van der Waals surface area (Å²) in [6.45, 7) is 1.79. The summed E-state index contributed by atoms with van der Waals surface area (Å²) in [5, 5.41) is 2.83. The van der Waals surface area contributed by atoms with E-state index < -0.39 is 17.3 Å². The Morgan fingerprint density at radius 3 is 2.63 bits per heavy atom. The van der Waals surface area contributed by atoms with Crippen molar-refractivity contribution in [2.45, 2.75) is 19.1 Å². The van der Waals surface area contributed by atoms with Crippen LogP contribution in [0.5, 0.6) is 0 Å². The first-order chi connectivity index (χ1) is 8.82. The lowest BCUT2D eigenvalue weighted by Gasteiger charge is -2.11. The fraction of sp³-hybridized carbons (Fsp3) is 0.333. The number of nitrogens with one attached hydrogen (secondary N) is 2. The molecule has 7 heteroatoms. The van der Waals surface area contributed by atoms with Gasteiger partial charge in [-0.25, -0.2) is 4.98 Å². The van der Waals surface area contributed by atoms with E-state index in [2.05, 4.69) is 15.3 Å². The summed E-state index contributed by atoms with van der Waals surface area (Å²) in [6.07, 6.45) is -4.47. The number of hydrogen-bond donors (Lipinski definition) is 2. The Hall–Kier alpha value is -1.89. The molecule has 2 N–H and O–H groups in total. The number of benzene rings is 1. The van der Waals surface area contributed by atoms with Crippen LogP contribution < -0.4 is 10.9 Å². The van der Waals surface area contributed by atoms with E-state index in [1.807, 2.05) is 0 Å². The van der Waals surface area contributed by atoms with E-state index in [1.165, 1.54) is 6.07 Å². The highest BCUT2D eigenvalue weighted by molar-refractivity contribution is 5.78. The van der Waals surface area contributed by atoms with Crippen LogP contribution in [0.1, 0.15) is 24.4 Å². The third kappa shape index (κ3) is 2.60. The summed E-state index contributed by atoms with van der Waals surface area (Å²) in [5.41, 5.74) is -1.19. The third-order valence-corrected chi connectivity index (χ3v) is 2.89. The van der Waals surface area contributed by atoms with Gasteiger partial charge in [-0.05, 0) is 32.2 Å². The van der Waals surface area contributed by atoms with E-state index in [0.717, 1.165) is 12.1 Å². The lowest BCUT2D eigenvalue weighted by atomic mass is 10.1. The second kappa shape index (κ2) is 4.65. The Bertz CT molecular complexity index is 663. The van der Waals surface area contributed by atoms with Crippen molar-refractivity contribution >= 4 is 10.9 Å². The van der Waals surface area contributed by atoms with Gasteiger partial charge >= 0.3 is 6.18 Å². The molecule has 1 aromatic heterocycles. The standard InChI is InChI=1S/C12H12F3N3O/c1-6(16-2)10-17-9-4-3-7(12(13,14)15)5-8(9)11(19)18-10/h3-6,16H,1-2H3,(H,17,18,19). The largest absolute Gasteiger partial charge is 0.416 e. The Morgan fingerprint density at radius 1 is 1.37 bits per heavy atom. The van der Waals surface area contributed by atoms with E-state index in [-0.39, 0.29) is 16.9 Å². The molecule has 0 fully saturated rings. The van der Waals surface area contributed by atoms with Crippen molar-refractivity contribution in [2.24, 2.45) is 0 Å². The molecular formula is C12H12F3N3O. The molecule has 0 saturated heterocycles. The minimum atomic E-state index is -4.47. The minimum Gasteiger partial charge on any atom is -0.311 e. The molecule has 102 valence electrons. The SMILES string of the molecule is CNC(C)c1nc2ccc(C(F)(F)F)cc2c(=O)[nH]1. The summed E-state index contributed by atoms with van der Waals surface area (Å²) >= 11 is 0. The number of hydrogen-bond acceptors (Lipinski definition) is 3. The zero-order valence-corrected chi connectivity index (χ0v) is 10.3.